The van der Waals surface area contributed by atoms with Crippen molar-refractivity contribution >= 4 is 11.7 Å². The first-order valence-electron chi connectivity index (χ1n) is 4.55. The molecule has 17 heavy (non-hydrogen) atoms. The van der Waals surface area contributed by atoms with Crippen LogP contribution in [0.4, 0.5) is 19.0 Å². The molecule has 0 radical (unpaired) electrons. The molecule has 0 fully saturated rings. The van der Waals surface area contributed by atoms with E-state index < -0.39 is 23.8 Å². The van der Waals surface area contributed by atoms with Crippen LogP contribution in [0.2, 0.25) is 0 Å². The van der Waals surface area contributed by atoms with E-state index in [0.717, 1.165) is 12.1 Å². The van der Waals surface area contributed by atoms with Gasteiger partial charge in [0, 0.05) is 6.20 Å². The summed E-state index contributed by atoms with van der Waals surface area (Å²) in [6, 6.07) is 1.93. The number of primary amides is 1. The van der Waals surface area contributed by atoms with Crippen molar-refractivity contribution in [3.63, 3.8) is 0 Å². The van der Waals surface area contributed by atoms with Gasteiger partial charge in [-0.1, -0.05) is 0 Å². The van der Waals surface area contributed by atoms with Crippen LogP contribution in [-0.4, -0.2) is 28.6 Å². The number of rotatable bonds is 4. The van der Waals surface area contributed by atoms with Gasteiger partial charge in [0.2, 0.25) is 5.91 Å². The number of aliphatic hydroxyl groups is 1. The van der Waals surface area contributed by atoms with E-state index in [1.54, 1.807) is 0 Å². The lowest BCUT2D eigenvalue weighted by molar-refractivity contribution is -0.137. The van der Waals surface area contributed by atoms with Crippen LogP contribution in [0, 0.1) is 0 Å². The van der Waals surface area contributed by atoms with E-state index in [9.17, 15) is 18.0 Å². The van der Waals surface area contributed by atoms with Gasteiger partial charge in [-0.3, -0.25) is 4.79 Å². The maximum Gasteiger partial charge on any atom is 0.417 e. The summed E-state index contributed by atoms with van der Waals surface area (Å²) >= 11 is 0. The summed E-state index contributed by atoms with van der Waals surface area (Å²) in [4.78, 5) is 14.0. The van der Waals surface area contributed by atoms with Crippen LogP contribution in [0.25, 0.3) is 0 Å². The van der Waals surface area contributed by atoms with Crippen molar-refractivity contribution in [2.45, 2.75) is 12.3 Å². The van der Waals surface area contributed by atoms with E-state index >= 15 is 0 Å². The maximum absolute atomic E-state index is 12.2. The first kappa shape index (κ1) is 13.2. The molecule has 1 aromatic rings. The lowest BCUT2D eigenvalue weighted by Gasteiger charge is -2.10. The van der Waals surface area contributed by atoms with Gasteiger partial charge >= 0.3 is 6.18 Å². The fraction of sp³-hybridized carbons (Fsp3) is 0.333. The SMILES string of the molecule is NC(=O)[C@H](O)CNc1ccc(C(F)(F)F)cn1. The fourth-order valence-corrected chi connectivity index (χ4v) is 0.968. The van der Waals surface area contributed by atoms with Gasteiger partial charge in [0.05, 0.1) is 12.1 Å². The van der Waals surface area contributed by atoms with Crippen molar-refractivity contribution < 1.29 is 23.1 Å². The highest BCUT2D eigenvalue weighted by Crippen LogP contribution is 2.28. The number of anilines is 1. The smallest absolute Gasteiger partial charge is 0.381 e. The molecule has 0 spiro atoms. The van der Waals surface area contributed by atoms with Crippen LogP contribution in [0.15, 0.2) is 18.3 Å². The Bertz CT molecular complexity index is 391. The van der Waals surface area contributed by atoms with Crippen molar-refractivity contribution in [1.29, 1.82) is 0 Å². The zero-order valence-corrected chi connectivity index (χ0v) is 8.53. The zero-order chi connectivity index (χ0) is 13.1. The Kier molecular flexibility index (Phi) is 3.89. The molecule has 0 aliphatic carbocycles. The molecule has 1 atom stereocenters. The number of alkyl halides is 3. The van der Waals surface area contributed by atoms with Gasteiger partial charge in [-0.2, -0.15) is 13.2 Å². The Balaban J connectivity index is 2.60. The minimum absolute atomic E-state index is 0.110. The topological polar surface area (TPSA) is 88.2 Å². The van der Waals surface area contributed by atoms with Crippen molar-refractivity contribution in [3.05, 3.63) is 23.9 Å². The normalized spacial score (nSPS) is 13.2. The predicted octanol–water partition coefficient (Wildman–Crippen LogP) is 0.358. The van der Waals surface area contributed by atoms with Crippen LogP contribution in [0.3, 0.4) is 0 Å². The number of aromatic nitrogens is 1. The summed E-state index contributed by atoms with van der Waals surface area (Å²) in [6.45, 7) is -0.215. The molecule has 0 saturated heterocycles. The standard InChI is InChI=1S/C9H10F3N3O2/c10-9(11,12)5-1-2-7(14-3-5)15-4-6(16)8(13)17/h1-3,6,16H,4H2,(H2,13,17)(H,14,15)/t6-/m1/s1. The van der Waals surface area contributed by atoms with E-state index in [0.29, 0.717) is 6.20 Å². The van der Waals surface area contributed by atoms with Crippen LogP contribution in [0.5, 0.6) is 0 Å². The Morgan fingerprint density at radius 3 is 2.59 bits per heavy atom. The van der Waals surface area contributed by atoms with Crippen LogP contribution >= 0.6 is 0 Å². The average Bonchev–Trinajstić information content (AvgIpc) is 2.25. The predicted molar refractivity (Wildman–Crippen MR) is 52.9 cm³/mol. The fourth-order valence-electron chi connectivity index (χ4n) is 0.968. The Hall–Kier alpha value is -1.83. The Labute approximate surface area is 94.5 Å². The van der Waals surface area contributed by atoms with Crippen molar-refractivity contribution in [3.8, 4) is 0 Å². The monoisotopic (exact) mass is 249 g/mol. The lowest BCUT2D eigenvalue weighted by Crippen LogP contribution is -2.34. The molecule has 4 N–H and O–H groups in total. The molecule has 0 bridgehead atoms. The van der Waals surface area contributed by atoms with Crippen molar-refractivity contribution in [2.75, 3.05) is 11.9 Å². The number of carbonyl (C=O) groups excluding carboxylic acids is 1. The third-order valence-corrected chi connectivity index (χ3v) is 1.90. The summed E-state index contributed by atoms with van der Waals surface area (Å²) < 4.78 is 36.5. The largest absolute Gasteiger partial charge is 0.417 e. The average molecular weight is 249 g/mol. The summed E-state index contributed by atoms with van der Waals surface area (Å²) in [5, 5.41) is 11.5. The maximum atomic E-state index is 12.2. The highest BCUT2D eigenvalue weighted by Gasteiger charge is 2.30. The van der Waals surface area contributed by atoms with Crippen LogP contribution < -0.4 is 11.1 Å². The molecular formula is C9H10F3N3O2. The minimum Gasteiger partial charge on any atom is -0.381 e. The van der Waals surface area contributed by atoms with Gasteiger partial charge in [-0.15, -0.1) is 0 Å². The van der Waals surface area contributed by atoms with E-state index in [1.807, 2.05) is 0 Å². The van der Waals surface area contributed by atoms with Gasteiger partial charge in [0.1, 0.15) is 11.9 Å². The van der Waals surface area contributed by atoms with Gasteiger partial charge < -0.3 is 16.2 Å². The molecule has 1 amide bonds. The van der Waals surface area contributed by atoms with Gasteiger partial charge in [-0.05, 0) is 12.1 Å². The van der Waals surface area contributed by atoms with Crippen LogP contribution in [-0.2, 0) is 11.0 Å². The summed E-state index contributed by atoms with van der Waals surface area (Å²) in [5.74, 6) is -0.817. The van der Waals surface area contributed by atoms with Gasteiger partial charge in [-0.25, -0.2) is 4.98 Å². The van der Waals surface area contributed by atoms with Gasteiger partial charge in [0.25, 0.3) is 0 Å². The zero-order valence-electron chi connectivity index (χ0n) is 8.53. The quantitative estimate of drug-likeness (QED) is 0.718. The molecule has 0 unspecified atom stereocenters. The van der Waals surface area contributed by atoms with E-state index in [2.05, 4.69) is 10.3 Å². The summed E-state index contributed by atoms with van der Waals surface area (Å²) in [5.41, 5.74) is 3.91. The molecule has 1 rings (SSSR count). The number of halogens is 3. The van der Waals surface area contributed by atoms with Crippen molar-refractivity contribution in [2.24, 2.45) is 5.73 Å². The molecule has 8 heteroatoms. The third kappa shape index (κ3) is 3.91. The number of pyridine rings is 1. The number of carbonyl (C=O) groups is 1. The molecule has 0 aliphatic heterocycles. The highest BCUT2D eigenvalue weighted by atomic mass is 19.4. The summed E-state index contributed by atoms with van der Waals surface area (Å²) in [7, 11) is 0. The first-order valence-corrected chi connectivity index (χ1v) is 4.55. The number of hydrogen-bond donors (Lipinski definition) is 3. The van der Waals surface area contributed by atoms with E-state index in [4.69, 9.17) is 10.8 Å². The lowest BCUT2D eigenvalue weighted by atomic mass is 10.2. The minimum atomic E-state index is -4.45. The number of nitrogens with one attached hydrogen (secondary N) is 1. The first-order chi connectivity index (χ1) is 7.80. The van der Waals surface area contributed by atoms with E-state index in [1.165, 1.54) is 0 Å². The molecule has 0 aliphatic rings. The number of amides is 1. The molecule has 1 heterocycles. The third-order valence-electron chi connectivity index (χ3n) is 1.90. The molecule has 94 valence electrons. The van der Waals surface area contributed by atoms with Crippen LogP contribution in [0.1, 0.15) is 5.56 Å². The second kappa shape index (κ2) is 5.00. The van der Waals surface area contributed by atoms with E-state index in [-0.39, 0.29) is 12.4 Å². The number of nitrogens with zero attached hydrogens (tertiary/aromatic N) is 1. The Morgan fingerprint density at radius 2 is 2.18 bits per heavy atom. The molecule has 0 saturated carbocycles. The summed E-state index contributed by atoms with van der Waals surface area (Å²) in [6.07, 6.45) is -5.21. The molecule has 5 nitrogen and oxygen atoms in total. The van der Waals surface area contributed by atoms with Crippen molar-refractivity contribution in [1.82, 2.24) is 4.98 Å². The number of nitrogens with two attached hydrogens (primary N) is 1. The molecule has 1 aromatic heterocycles. The highest BCUT2D eigenvalue weighted by molar-refractivity contribution is 5.79. The molecular weight excluding hydrogens is 239 g/mol. The number of hydrogen-bond acceptors (Lipinski definition) is 4. The Morgan fingerprint density at radius 1 is 1.53 bits per heavy atom. The molecule has 0 aromatic carbocycles. The second-order valence-electron chi connectivity index (χ2n) is 3.23. The second-order valence-corrected chi connectivity index (χ2v) is 3.23. The van der Waals surface area contributed by atoms with Gasteiger partial charge in [0.15, 0.2) is 0 Å². The number of aliphatic hydroxyl groups excluding tert-OH is 1.